The minimum atomic E-state index is -0.141. The Hall–Kier alpha value is -2.03. The number of fused-ring (bicyclic) bond motifs is 1. The smallest absolute Gasteiger partial charge is 0.254 e. The number of benzene rings is 1. The summed E-state index contributed by atoms with van der Waals surface area (Å²) in [5, 5.41) is 0.926. The molecule has 3 nitrogen and oxygen atoms in total. The highest BCUT2D eigenvalue weighted by Gasteiger charge is 2.08. The van der Waals surface area contributed by atoms with Gasteiger partial charge in [0.1, 0.15) is 5.75 Å². The Morgan fingerprint density at radius 2 is 2.27 bits per heavy atom. The molecule has 0 bridgehead atoms. The maximum Gasteiger partial charge on any atom is 0.254 e. The molecule has 2 rings (SSSR count). The normalized spacial score (nSPS) is 10.2. The average Bonchev–Trinajstić information content (AvgIpc) is 2.71. The Labute approximate surface area is 87.6 Å². The first-order chi connectivity index (χ1) is 7.27. The van der Waals surface area contributed by atoms with Crippen LogP contribution in [0.2, 0.25) is 0 Å². The number of carbonyl (C=O) groups is 1. The number of hydrogen-bond acceptors (Lipinski definition) is 2. The fourth-order valence-electron chi connectivity index (χ4n) is 1.61. The van der Waals surface area contributed by atoms with Gasteiger partial charge in [0.2, 0.25) is 0 Å². The molecule has 0 aliphatic heterocycles. The summed E-state index contributed by atoms with van der Waals surface area (Å²) in [6.07, 6.45) is 3.01. The SMILES string of the molecule is C=CC(=O)n1ccc2c(OC)cccc21. The van der Waals surface area contributed by atoms with Gasteiger partial charge in [-0.2, -0.15) is 0 Å². The molecule has 0 saturated heterocycles. The van der Waals surface area contributed by atoms with E-state index in [4.69, 9.17) is 4.74 Å². The number of methoxy groups -OCH3 is 1. The highest BCUT2D eigenvalue weighted by molar-refractivity contribution is 5.99. The van der Waals surface area contributed by atoms with Gasteiger partial charge in [-0.15, -0.1) is 0 Å². The molecule has 0 aliphatic rings. The summed E-state index contributed by atoms with van der Waals surface area (Å²) in [5.74, 6) is 0.626. The number of nitrogens with zero attached hydrogens (tertiary/aromatic N) is 1. The molecule has 1 aromatic carbocycles. The number of ether oxygens (including phenoxy) is 1. The van der Waals surface area contributed by atoms with Crippen molar-refractivity contribution in [3.8, 4) is 5.75 Å². The van der Waals surface area contributed by atoms with E-state index < -0.39 is 0 Å². The van der Waals surface area contributed by atoms with E-state index in [-0.39, 0.29) is 5.91 Å². The fraction of sp³-hybridized carbons (Fsp3) is 0.0833. The van der Waals surface area contributed by atoms with Gasteiger partial charge in [-0.05, 0) is 24.3 Å². The summed E-state index contributed by atoms with van der Waals surface area (Å²) in [6.45, 7) is 3.46. The lowest BCUT2D eigenvalue weighted by Crippen LogP contribution is -2.04. The number of allylic oxidation sites excluding steroid dienone is 1. The van der Waals surface area contributed by atoms with Gasteiger partial charge in [0, 0.05) is 11.6 Å². The monoisotopic (exact) mass is 201 g/mol. The van der Waals surface area contributed by atoms with Crippen molar-refractivity contribution >= 4 is 16.8 Å². The summed E-state index contributed by atoms with van der Waals surface area (Å²) in [4.78, 5) is 11.5. The molecule has 1 heterocycles. The largest absolute Gasteiger partial charge is 0.496 e. The molecule has 0 atom stereocenters. The van der Waals surface area contributed by atoms with Crippen molar-refractivity contribution in [1.29, 1.82) is 0 Å². The Kier molecular flexibility index (Phi) is 2.29. The lowest BCUT2D eigenvalue weighted by Gasteiger charge is -2.02. The minimum absolute atomic E-state index is 0.141. The van der Waals surface area contributed by atoms with Crippen LogP contribution in [0.5, 0.6) is 5.75 Å². The second-order valence-electron chi connectivity index (χ2n) is 3.12. The summed E-state index contributed by atoms with van der Waals surface area (Å²) >= 11 is 0. The fourth-order valence-corrected chi connectivity index (χ4v) is 1.61. The third-order valence-electron chi connectivity index (χ3n) is 2.32. The minimum Gasteiger partial charge on any atom is -0.496 e. The molecule has 0 fully saturated rings. The van der Waals surface area contributed by atoms with Crippen molar-refractivity contribution < 1.29 is 9.53 Å². The van der Waals surface area contributed by atoms with Crippen LogP contribution in [0.25, 0.3) is 10.9 Å². The molecule has 0 unspecified atom stereocenters. The summed E-state index contributed by atoms with van der Waals surface area (Å²) in [5.41, 5.74) is 0.833. The molecule has 1 aromatic heterocycles. The molecule has 0 saturated carbocycles. The van der Waals surface area contributed by atoms with Crippen molar-refractivity contribution in [2.24, 2.45) is 0 Å². The van der Waals surface area contributed by atoms with Crippen LogP contribution in [-0.2, 0) is 0 Å². The zero-order valence-electron chi connectivity index (χ0n) is 8.43. The van der Waals surface area contributed by atoms with Crippen LogP contribution in [0.15, 0.2) is 43.1 Å². The first-order valence-corrected chi connectivity index (χ1v) is 4.58. The van der Waals surface area contributed by atoms with E-state index in [1.807, 2.05) is 24.3 Å². The molecule has 76 valence electrons. The van der Waals surface area contributed by atoms with Gasteiger partial charge in [0.25, 0.3) is 5.91 Å². The number of aromatic nitrogens is 1. The number of rotatable bonds is 2. The number of hydrogen-bond donors (Lipinski definition) is 0. The molecule has 2 aromatic rings. The topological polar surface area (TPSA) is 31.2 Å². The Morgan fingerprint density at radius 1 is 1.47 bits per heavy atom. The van der Waals surface area contributed by atoms with Crippen molar-refractivity contribution in [2.75, 3.05) is 7.11 Å². The van der Waals surface area contributed by atoms with Crippen molar-refractivity contribution in [1.82, 2.24) is 4.57 Å². The quantitative estimate of drug-likeness (QED) is 0.699. The van der Waals surface area contributed by atoms with Gasteiger partial charge in [0.05, 0.1) is 12.6 Å². The molecular formula is C12H11NO2. The third-order valence-corrected chi connectivity index (χ3v) is 2.32. The molecule has 0 amide bonds. The molecular weight excluding hydrogens is 190 g/mol. The standard InChI is InChI=1S/C12H11NO2/c1-3-12(14)13-8-7-9-10(13)5-4-6-11(9)15-2/h3-8H,1H2,2H3. The van der Waals surface area contributed by atoms with Crippen molar-refractivity contribution in [3.63, 3.8) is 0 Å². The summed E-state index contributed by atoms with van der Waals surface area (Å²) < 4.78 is 6.75. The second-order valence-corrected chi connectivity index (χ2v) is 3.12. The van der Waals surface area contributed by atoms with Gasteiger partial charge in [-0.1, -0.05) is 12.6 Å². The summed E-state index contributed by atoms with van der Waals surface area (Å²) in [6, 6.07) is 7.45. The molecule has 0 aliphatic carbocycles. The van der Waals surface area contributed by atoms with E-state index in [1.165, 1.54) is 6.08 Å². The predicted octanol–water partition coefficient (Wildman–Crippen LogP) is 2.48. The molecule has 15 heavy (non-hydrogen) atoms. The van der Waals surface area contributed by atoms with Gasteiger partial charge < -0.3 is 4.74 Å². The first-order valence-electron chi connectivity index (χ1n) is 4.58. The first kappa shape index (κ1) is 9.52. The zero-order chi connectivity index (χ0) is 10.8. The second kappa shape index (κ2) is 3.61. The van der Waals surface area contributed by atoms with Gasteiger partial charge in [0.15, 0.2) is 0 Å². The Balaban J connectivity index is 2.71. The molecule has 0 radical (unpaired) electrons. The van der Waals surface area contributed by atoms with Gasteiger partial charge >= 0.3 is 0 Å². The van der Waals surface area contributed by atoms with Crippen LogP contribution in [0.3, 0.4) is 0 Å². The van der Waals surface area contributed by atoms with E-state index in [2.05, 4.69) is 6.58 Å². The van der Waals surface area contributed by atoms with Crippen molar-refractivity contribution in [3.05, 3.63) is 43.1 Å². The summed E-state index contributed by atoms with van der Waals surface area (Å²) in [7, 11) is 1.61. The lowest BCUT2D eigenvalue weighted by molar-refractivity contribution is 0.0974. The maximum absolute atomic E-state index is 11.5. The predicted molar refractivity (Wildman–Crippen MR) is 59.3 cm³/mol. The third kappa shape index (κ3) is 1.42. The molecule has 0 N–H and O–H groups in total. The van der Waals surface area contributed by atoms with E-state index in [0.717, 1.165) is 16.7 Å². The van der Waals surface area contributed by atoms with E-state index >= 15 is 0 Å². The van der Waals surface area contributed by atoms with Crippen LogP contribution in [-0.4, -0.2) is 17.6 Å². The Bertz CT molecular complexity index is 525. The zero-order valence-corrected chi connectivity index (χ0v) is 8.43. The Morgan fingerprint density at radius 3 is 2.93 bits per heavy atom. The molecule has 0 spiro atoms. The van der Waals surface area contributed by atoms with Crippen LogP contribution in [0, 0.1) is 0 Å². The van der Waals surface area contributed by atoms with E-state index in [1.54, 1.807) is 17.9 Å². The van der Waals surface area contributed by atoms with E-state index in [0.29, 0.717) is 0 Å². The maximum atomic E-state index is 11.5. The number of carbonyl (C=O) groups excluding carboxylic acids is 1. The van der Waals surface area contributed by atoms with Crippen molar-refractivity contribution in [2.45, 2.75) is 0 Å². The van der Waals surface area contributed by atoms with Gasteiger partial charge in [-0.25, -0.2) is 0 Å². The highest BCUT2D eigenvalue weighted by atomic mass is 16.5. The highest BCUT2D eigenvalue weighted by Crippen LogP contribution is 2.25. The van der Waals surface area contributed by atoms with Gasteiger partial charge in [-0.3, -0.25) is 9.36 Å². The van der Waals surface area contributed by atoms with Crippen LogP contribution >= 0.6 is 0 Å². The van der Waals surface area contributed by atoms with E-state index in [9.17, 15) is 4.79 Å². The van der Waals surface area contributed by atoms with Crippen LogP contribution in [0.4, 0.5) is 0 Å². The van der Waals surface area contributed by atoms with Crippen LogP contribution in [0.1, 0.15) is 4.79 Å². The van der Waals surface area contributed by atoms with Crippen LogP contribution < -0.4 is 4.74 Å². The average molecular weight is 201 g/mol. The lowest BCUT2D eigenvalue weighted by atomic mass is 10.2. The molecule has 3 heteroatoms.